The van der Waals surface area contributed by atoms with Crippen LogP contribution in [0.2, 0.25) is 0 Å². The normalized spacial score (nSPS) is 40.7. The fourth-order valence-corrected chi connectivity index (χ4v) is 7.34. The summed E-state index contributed by atoms with van der Waals surface area (Å²) in [7, 11) is 0. The molecule has 2 aliphatic heterocycles. The third-order valence-electron chi connectivity index (χ3n) is 9.21. The number of aliphatic hydroxyl groups is 1. The molecule has 2 heterocycles. The van der Waals surface area contributed by atoms with Gasteiger partial charge in [-0.25, -0.2) is 0 Å². The zero-order valence-corrected chi connectivity index (χ0v) is 20.1. The highest BCUT2D eigenvalue weighted by Gasteiger charge is 2.61. The van der Waals surface area contributed by atoms with Crippen molar-refractivity contribution < 1.29 is 24.1 Å². The minimum Gasteiger partial charge on any atom is -0.488 e. The summed E-state index contributed by atoms with van der Waals surface area (Å²) >= 11 is 0. The summed E-state index contributed by atoms with van der Waals surface area (Å²) in [5.41, 5.74) is -0.205. The molecule has 7 atom stereocenters. The van der Waals surface area contributed by atoms with Gasteiger partial charge in [0.25, 0.3) is 0 Å². The molecule has 2 saturated heterocycles. The SMILES string of the molecule is C[C@@]12CO[C@@H](COc3ccccc3)O[C@@H]1CC[C@]1(C)[C@H]2CC[C@@H](O)[C@H]1CC(=O)N1CCCC1. The van der Waals surface area contributed by atoms with Gasteiger partial charge >= 0.3 is 0 Å². The Balaban J connectivity index is 1.27. The molecule has 0 aromatic heterocycles. The van der Waals surface area contributed by atoms with E-state index < -0.39 is 6.10 Å². The van der Waals surface area contributed by atoms with E-state index in [4.69, 9.17) is 14.2 Å². The van der Waals surface area contributed by atoms with Crippen LogP contribution in [0, 0.1) is 22.7 Å². The first-order valence-corrected chi connectivity index (χ1v) is 12.8. The fourth-order valence-electron chi connectivity index (χ4n) is 7.34. The number of hydrogen-bond donors (Lipinski definition) is 1. The first-order chi connectivity index (χ1) is 15.9. The molecule has 2 aliphatic carbocycles. The Bertz CT molecular complexity index is 827. The van der Waals surface area contributed by atoms with Gasteiger partial charge in [0.1, 0.15) is 12.4 Å². The molecule has 6 nitrogen and oxygen atoms in total. The van der Waals surface area contributed by atoms with Crippen molar-refractivity contribution in [2.45, 2.75) is 77.3 Å². The molecule has 0 radical (unpaired) electrons. The third-order valence-corrected chi connectivity index (χ3v) is 9.21. The number of carbonyl (C=O) groups is 1. The Kier molecular flexibility index (Phi) is 6.45. The van der Waals surface area contributed by atoms with E-state index in [0.717, 1.165) is 57.4 Å². The van der Waals surface area contributed by atoms with Crippen LogP contribution in [-0.4, -0.2) is 60.7 Å². The van der Waals surface area contributed by atoms with E-state index in [1.807, 2.05) is 35.2 Å². The predicted molar refractivity (Wildman–Crippen MR) is 125 cm³/mol. The lowest BCUT2D eigenvalue weighted by molar-refractivity contribution is -0.313. The summed E-state index contributed by atoms with van der Waals surface area (Å²) in [5, 5.41) is 11.0. The Hall–Kier alpha value is -1.63. The van der Waals surface area contributed by atoms with Crippen LogP contribution in [0.15, 0.2) is 30.3 Å². The maximum atomic E-state index is 13.0. The summed E-state index contributed by atoms with van der Waals surface area (Å²) in [4.78, 5) is 15.0. The van der Waals surface area contributed by atoms with Crippen molar-refractivity contribution in [3.63, 3.8) is 0 Å². The number of fused-ring (bicyclic) bond motifs is 3. The number of aliphatic hydroxyl groups excluding tert-OH is 1. The molecule has 4 fully saturated rings. The smallest absolute Gasteiger partial charge is 0.222 e. The zero-order chi connectivity index (χ0) is 23.1. The topological polar surface area (TPSA) is 68.2 Å². The van der Waals surface area contributed by atoms with Crippen molar-refractivity contribution in [1.82, 2.24) is 4.90 Å². The summed E-state index contributed by atoms with van der Waals surface area (Å²) in [6.45, 7) is 7.36. The van der Waals surface area contributed by atoms with Crippen LogP contribution in [0.3, 0.4) is 0 Å². The standard InChI is InChI=1S/C27H39NO5/c1-26-13-12-23-27(2,18-32-25(33-23)17-31-19-8-4-3-5-9-19)22(26)11-10-21(29)20(26)16-24(30)28-14-6-7-15-28/h3-5,8-9,20-23,25,29H,6-7,10-18H2,1-2H3/t20-,21-,22-,23-,25-,26+,27+/m1/s1. The van der Waals surface area contributed by atoms with Crippen molar-refractivity contribution in [3.8, 4) is 5.75 Å². The van der Waals surface area contributed by atoms with E-state index in [-0.39, 0.29) is 35.0 Å². The predicted octanol–water partition coefficient (Wildman–Crippen LogP) is 4.01. The minimum absolute atomic E-state index is 0.00117. The molecule has 1 aromatic rings. The molecule has 33 heavy (non-hydrogen) atoms. The van der Waals surface area contributed by atoms with E-state index in [1.165, 1.54) is 0 Å². The lowest BCUT2D eigenvalue weighted by Crippen LogP contribution is -2.63. The molecule has 2 saturated carbocycles. The average molecular weight is 458 g/mol. The van der Waals surface area contributed by atoms with E-state index in [0.29, 0.717) is 25.6 Å². The number of carbonyl (C=O) groups excluding carboxylic acids is 1. The Morgan fingerprint density at radius 1 is 1.12 bits per heavy atom. The maximum absolute atomic E-state index is 13.0. The lowest BCUT2D eigenvalue weighted by Gasteiger charge is -2.63. The second-order valence-corrected chi connectivity index (χ2v) is 11.1. The van der Waals surface area contributed by atoms with Gasteiger partial charge in [0, 0.05) is 24.9 Å². The van der Waals surface area contributed by atoms with Gasteiger partial charge in [0.2, 0.25) is 5.91 Å². The van der Waals surface area contributed by atoms with E-state index in [1.54, 1.807) is 0 Å². The van der Waals surface area contributed by atoms with Gasteiger partial charge in [0.15, 0.2) is 6.29 Å². The van der Waals surface area contributed by atoms with Crippen molar-refractivity contribution in [2.24, 2.45) is 22.7 Å². The zero-order valence-electron chi connectivity index (χ0n) is 20.1. The highest BCUT2D eigenvalue weighted by atomic mass is 16.7. The Labute approximate surface area is 197 Å². The summed E-state index contributed by atoms with van der Waals surface area (Å²) in [6, 6.07) is 9.77. The summed E-state index contributed by atoms with van der Waals surface area (Å²) in [5.74, 6) is 1.40. The molecule has 1 amide bonds. The van der Waals surface area contributed by atoms with Crippen LogP contribution >= 0.6 is 0 Å². The van der Waals surface area contributed by atoms with E-state index in [9.17, 15) is 9.90 Å². The lowest BCUT2D eigenvalue weighted by atomic mass is 9.46. The van der Waals surface area contributed by atoms with Gasteiger partial charge in [-0.2, -0.15) is 0 Å². The van der Waals surface area contributed by atoms with Crippen molar-refractivity contribution in [2.75, 3.05) is 26.3 Å². The van der Waals surface area contributed by atoms with Gasteiger partial charge in [-0.1, -0.05) is 32.0 Å². The second-order valence-electron chi connectivity index (χ2n) is 11.1. The summed E-state index contributed by atoms with van der Waals surface area (Å²) < 4.78 is 18.5. The molecule has 4 aliphatic rings. The van der Waals surface area contributed by atoms with Gasteiger partial charge in [-0.15, -0.1) is 0 Å². The Morgan fingerprint density at radius 2 is 1.88 bits per heavy atom. The molecule has 1 N–H and O–H groups in total. The van der Waals surface area contributed by atoms with Crippen molar-refractivity contribution in [1.29, 1.82) is 0 Å². The van der Waals surface area contributed by atoms with E-state index in [2.05, 4.69) is 13.8 Å². The molecule has 0 spiro atoms. The van der Waals surface area contributed by atoms with Crippen LogP contribution in [0.1, 0.15) is 58.8 Å². The number of amides is 1. The number of rotatable bonds is 5. The number of benzene rings is 1. The van der Waals surface area contributed by atoms with Crippen LogP contribution in [0.5, 0.6) is 5.75 Å². The van der Waals surface area contributed by atoms with Crippen LogP contribution in [0.4, 0.5) is 0 Å². The minimum atomic E-state index is -0.407. The number of ether oxygens (including phenoxy) is 3. The molecule has 0 bridgehead atoms. The monoisotopic (exact) mass is 457 g/mol. The Morgan fingerprint density at radius 3 is 2.64 bits per heavy atom. The molecular formula is C27H39NO5. The maximum Gasteiger partial charge on any atom is 0.222 e. The third kappa shape index (κ3) is 4.30. The van der Waals surface area contributed by atoms with Gasteiger partial charge < -0.3 is 24.2 Å². The van der Waals surface area contributed by atoms with Gasteiger partial charge in [0.05, 0.1) is 18.8 Å². The molecular weight excluding hydrogens is 418 g/mol. The molecule has 182 valence electrons. The first kappa shape index (κ1) is 23.1. The molecule has 1 aromatic carbocycles. The van der Waals surface area contributed by atoms with E-state index >= 15 is 0 Å². The highest BCUT2D eigenvalue weighted by molar-refractivity contribution is 5.76. The van der Waals surface area contributed by atoms with Crippen LogP contribution in [0.25, 0.3) is 0 Å². The second kappa shape index (κ2) is 9.20. The highest BCUT2D eigenvalue weighted by Crippen LogP contribution is 2.62. The number of nitrogens with zero attached hydrogens (tertiary/aromatic N) is 1. The quantitative estimate of drug-likeness (QED) is 0.724. The number of para-hydroxylation sites is 1. The van der Waals surface area contributed by atoms with Gasteiger partial charge in [-0.05, 0) is 67.9 Å². The fraction of sp³-hybridized carbons (Fsp3) is 0.741. The molecule has 0 unspecified atom stereocenters. The van der Waals surface area contributed by atoms with Gasteiger partial charge in [-0.3, -0.25) is 4.79 Å². The number of likely N-dealkylation sites (tertiary alicyclic amines) is 1. The van der Waals surface area contributed by atoms with Crippen molar-refractivity contribution >= 4 is 5.91 Å². The number of hydrogen-bond acceptors (Lipinski definition) is 5. The molecule has 5 rings (SSSR count). The largest absolute Gasteiger partial charge is 0.488 e. The first-order valence-electron chi connectivity index (χ1n) is 12.8. The van der Waals surface area contributed by atoms with Crippen LogP contribution < -0.4 is 4.74 Å². The average Bonchev–Trinajstić information content (AvgIpc) is 3.36. The van der Waals surface area contributed by atoms with Crippen molar-refractivity contribution in [3.05, 3.63) is 30.3 Å². The van der Waals surface area contributed by atoms with Crippen LogP contribution in [-0.2, 0) is 14.3 Å². The molecule has 6 heteroatoms. The summed E-state index contributed by atoms with van der Waals surface area (Å²) in [6.07, 6.45) is 5.60.